The number of halogens is 1. The van der Waals surface area contributed by atoms with Crippen LogP contribution < -0.4 is 26.4 Å². The van der Waals surface area contributed by atoms with E-state index in [-0.39, 0.29) is 42.7 Å². The first kappa shape index (κ1) is 33.7. The Bertz CT molecular complexity index is 1730. The van der Waals surface area contributed by atoms with Gasteiger partial charge in [-0.05, 0) is 48.6 Å². The van der Waals surface area contributed by atoms with Crippen molar-refractivity contribution in [2.24, 2.45) is 11.7 Å². The predicted molar refractivity (Wildman–Crippen MR) is 178 cm³/mol. The normalized spacial score (nSPS) is 13.3. The van der Waals surface area contributed by atoms with Gasteiger partial charge in [-0.1, -0.05) is 19.9 Å². The number of anilines is 1. The molecule has 1 aromatic carbocycles. The van der Waals surface area contributed by atoms with Crippen LogP contribution in [0.4, 0.5) is 14.9 Å². The van der Waals surface area contributed by atoms with Crippen molar-refractivity contribution < 1.29 is 28.2 Å². The number of nitrogens with zero attached hydrogens (tertiary/aromatic N) is 3. The van der Waals surface area contributed by atoms with Crippen LogP contribution in [0.5, 0.6) is 11.5 Å². The first-order chi connectivity index (χ1) is 22.6. The highest BCUT2D eigenvalue weighted by molar-refractivity contribution is 7.22. The molecule has 14 heteroatoms. The van der Waals surface area contributed by atoms with Crippen molar-refractivity contribution in [1.29, 1.82) is 0 Å². The summed E-state index contributed by atoms with van der Waals surface area (Å²) in [5.41, 5.74) is 7.95. The van der Waals surface area contributed by atoms with Crippen molar-refractivity contribution in [2.75, 3.05) is 32.1 Å². The Hall–Kier alpha value is -4.66. The molecule has 248 valence electrons. The average Bonchev–Trinajstić information content (AvgIpc) is 3.76. The van der Waals surface area contributed by atoms with Gasteiger partial charge in [-0.15, -0.1) is 11.3 Å². The van der Waals surface area contributed by atoms with E-state index in [4.69, 9.17) is 15.2 Å². The largest absolute Gasteiger partial charge is 0.453 e. The number of carbonyl (C=O) groups excluding carboxylic acids is 3. The SMILES string of the molecule is COCCN(Cc1ccc(-c2cc3nccc(Oc4ccc(NC(=O)NC5CC5)cc4F)c3s2)nc1)C(=O)C(NC(=O)CN)C(C)C. The van der Waals surface area contributed by atoms with Gasteiger partial charge in [0.25, 0.3) is 0 Å². The van der Waals surface area contributed by atoms with Crippen molar-refractivity contribution in [2.45, 2.75) is 45.3 Å². The number of rotatable bonds is 14. The summed E-state index contributed by atoms with van der Waals surface area (Å²) in [5, 5.41) is 8.16. The van der Waals surface area contributed by atoms with Gasteiger partial charge in [0.2, 0.25) is 11.8 Å². The zero-order valence-corrected chi connectivity index (χ0v) is 27.2. The van der Waals surface area contributed by atoms with Gasteiger partial charge in [0.05, 0.1) is 33.9 Å². The molecule has 1 saturated carbocycles. The maximum atomic E-state index is 15.0. The van der Waals surface area contributed by atoms with Gasteiger partial charge >= 0.3 is 6.03 Å². The number of hydrogen-bond donors (Lipinski definition) is 4. The van der Waals surface area contributed by atoms with E-state index in [9.17, 15) is 18.8 Å². The quantitative estimate of drug-likeness (QED) is 0.152. The number of nitrogens with two attached hydrogens (primary N) is 1. The van der Waals surface area contributed by atoms with Crippen LogP contribution in [0.2, 0.25) is 0 Å². The Kier molecular flexibility index (Phi) is 11.0. The third-order valence-electron chi connectivity index (χ3n) is 7.46. The Morgan fingerprint density at radius 3 is 2.57 bits per heavy atom. The second-order valence-corrected chi connectivity index (χ2v) is 12.6. The Morgan fingerprint density at radius 2 is 1.91 bits per heavy atom. The van der Waals surface area contributed by atoms with Crippen LogP contribution in [0.3, 0.4) is 0 Å². The van der Waals surface area contributed by atoms with Gasteiger partial charge in [-0.25, -0.2) is 9.18 Å². The number of hydrogen-bond acceptors (Lipinski definition) is 9. The number of fused-ring (bicyclic) bond motifs is 1. The van der Waals surface area contributed by atoms with Crippen molar-refractivity contribution >= 4 is 45.1 Å². The molecule has 0 spiro atoms. The molecule has 5 rings (SSSR count). The Balaban J connectivity index is 1.29. The van der Waals surface area contributed by atoms with Crippen molar-refractivity contribution in [1.82, 2.24) is 25.5 Å². The van der Waals surface area contributed by atoms with Gasteiger partial charge in [0, 0.05) is 56.5 Å². The summed E-state index contributed by atoms with van der Waals surface area (Å²) in [7, 11) is 1.56. The summed E-state index contributed by atoms with van der Waals surface area (Å²) in [6.45, 7) is 4.46. The topological polar surface area (TPSA) is 161 Å². The summed E-state index contributed by atoms with van der Waals surface area (Å²) in [5.74, 6) is -0.941. The molecule has 4 aromatic rings. The summed E-state index contributed by atoms with van der Waals surface area (Å²) in [4.78, 5) is 49.0. The van der Waals surface area contributed by atoms with E-state index in [0.717, 1.165) is 28.0 Å². The molecule has 1 aliphatic rings. The van der Waals surface area contributed by atoms with E-state index >= 15 is 0 Å². The van der Waals surface area contributed by atoms with E-state index in [1.54, 1.807) is 36.5 Å². The van der Waals surface area contributed by atoms with Crippen LogP contribution in [-0.4, -0.2) is 71.6 Å². The summed E-state index contributed by atoms with van der Waals surface area (Å²) in [6, 6.07) is 10.7. The zero-order chi connectivity index (χ0) is 33.5. The first-order valence-corrected chi connectivity index (χ1v) is 16.1. The van der Waals surface area contributed by atoms with Crippen molar-refractivity contribution in [3.63, 3.8) is 0 Å². The molecule has 0 saturated heterocycles. The Labute approximate surface area is 275 Å². The fourth-order valence-electron chi connectivity index (χ4n) is 4.78. The van der Waals surface area contributed by atoms with Crippen molar-refractivity contribution in [3.05, 3.63) is 66.2 Å². The molecule has 0 radical (unpaired) electrons. The molecule has 3 heterocycles. The Morgan fingerprint density at radius 1 is 1.11 bits per heavy atom. The molecule has 1 fully saturated rings. The lowest BCUT2D eigenvalue weighted by atomic mass is 10.0. The summed E-state index contributed by atoms with van der Waals surface area (Å²) in [6.07, 6.45) is 5.20. The second kappa shape index (κ2) is 15.3. The number of pyridine rings is 2. The highest BCUT2D eigenvalue weighted by atomic mass is 32.1. The number of benzene rings is 1. The molecule has 1 unspecified atom stereocenters. The van der Waals surface area contributed by atoms with Gasteiger partial charge in [-0.2, -0.15) is 0 Å². The minimum absolute atomic E-state index is 0.0120. The summed E-state index contributed by atoms with van der Waals surface area (Å²) >= 11 is 1.41. The lowest BCUT2D eigenvalue weighted by Crippen LogP contribution is -2.52. The van der Waals surface area contributed by atoms with Gasteiger partial charge < -0.3 is 36.1 Å². The zero-order valence-electron chi connectivity index (χ0n) is 26.4. The minimum Gasteiger partial charge on any atom is -0.453 e. The van der Waals surface area contributed by atoms with Crippen LogP contribution in [0.1, 0.15) is 32.3 Å². The smallest absolute Gasteiger partial charge is 0.319 e. The molecule has 5 N–H and O–H groups in total. The summed E-state index contributed by atoms with van der Waals surface area (Å²) < 4.78 is 26.9. The third-order valence-corrected chi connectivity index (χ3v) is 8.62. The van der Waals surface area contributed by atoms with Crippen LogP contribution in [0, 0.1) is 11.7 Å². The maximum absolute atomic E-state index is 15.0. The number of urea groups is 1. The molecule has 12 nitrogen and oxygen atoms in total. The molecular formula is C33H38FN7O5S. The molecule has 0 aliphatic heterocycles. The molecule has 1 atom stereocenters. The number of thiophene rings is 1. The van der Waals surface area contributed by atoms with E-state index in [2.05, 4.69) is 25.9 Å². The average molecular weight is 664 g/mol. The molecule has 4 amide bonds. The molecular weight excluding hydrogens is 625 g/mol. The lowest BCUT2D eigenvalue weighted by molar-refractivity contribution is -0.138. The number of aromatic nitrogens is 2. The fourth-order valence-corrected chi connectivity index (χ4v) is 5.82. The van der Waals surface area contributed by atoms with Crippen LogP contribution in [-0.2, 0) is 20.9 Å². The standard InChI is InChI=1S/C33H38FN7O5S/c1-19(2)30(40-29(42)16-35)32(43)41(12-13-45-3)18-20-4-8-24(37-17-20)28-15-25-31(47-28)27(10-11-36-25)46-26-9-7-22(14-23(26)34)39-33(44)38-21-5-6-21/h4,7-11,14-15,17,19,21,30H,5-6,12-13,16,18,35H2,1-3H3,(H,40,42)(H2,38,39,44). The van der Waals surface area contributed by atoms with E-state index in [1.807, 2.05) is 32.0 Å². The van der Waals surface area contributed by atoms with Crippen molar-refractivity contribution in [3.8, 4) is 22.1 Å². The first-order valence-electron chi connectivity index (χ1n) is 15.3. The van der Waals surface area contributed by atoms with Gasteiger partial charge in [0.15, 0.2) is 11.6 Å². The second-order valence-electron chi connectivity index (χ2n) is 11.6. The van der Waals surface area contributed by atoms with E-state index in [0.29, 0.717) is 35.8 Å². The number of methoxy groups -OCH3 is 1. The number of carbonyl (C=O) groups is 3. The van der Waals surface area contributed by atoms with E-state index in [1.165, 1.54) is 23.5 Å². The fraction of sp³-hybridized carbons (Fsp3) is 0.364. The van der Waals surface area contributed by atoms with Gasteiger partial charge in [0.1, 0.15) is 11.8 Å². The minimum atomic E-state index is -0.723. The molecule has 0 bridgehead atoms. The molecule has 47 heavy (non-hydrogen) atoms. The number of ether oxygens (including phenoxy) is 2. The van der Waals surface area contributed by atoms with Crippen LogP contribution >= 0.6 is 11.3 Å². The number of nitrogens with one attached hydrogen (secondary N) is 3. The van der Waals surface area contributed by atoms with Gasteiger partial charge in [-0.3, -0.25) is 19.6 Å². The van der Waals surface area contributed by atoms with E-state index < -0.39 is 17.8 Å². The highest BCUT2D eigenvalue weighted by Gasteiger charge is 2.28. The third kappa shape index (κ3) is 8.78. The molecule has 1 aliphatic carbocycles. The highest BCUT2D eigenvalue weighted by Crippen LogP contribution is 2.39. The predicted octanol–water partition coefficient (Wildman–Crippen LogP) is 4.65. The number of amides is 4. The monoisotopic (exact) mass is 663 g/mol. The lowest BCUT2D eigenvalue weighted by Gasteiger charge is -2.29. The van der Waals surface area contributed by atoms with Crippen LogP contribution in [0.25, 0.3) is 20.8 Å². The van der Waals surface area contributed by atoms with Crippen LogP contribution in [0.15, 0.2) is 54.9 Å². The molecule has 3 aromatic heterocycles. The maximum Gasteiger partial charge on any atom is 0.319 e.